The average Bonchev–Trinajstić information content (AvgIpc) is 3.88. The van der Waals surface area contributed by atoms with Crippen molar-refractivity contribution in [3.05, 3.63) is 152 Å². The van der Waals surface area contributed by atoms with Gasteiger partial charge >= 0.3 is 0 Å². The van der Waals surface area contributed by atoms with E-state index in [-0.39, 0.29) is 0 Å². The molecule has 0 unspecified atom stereocenters. The van der Waals surface area contributed by atoms with Gasteiger partial charge in [0.25, 0.3) is 0 Å². The molecular formula is C45H25N3OS2. The Morgan fingerprint density at radius 1 is 0.314 bits per heavy atom. The van der Waals surface area contributed by atoms with Gasteiger partial charge in [-0.3, -0.25) is 0 Å². The molecule has 0 saturated carbocycles. The Balaban J connectivity index is 1.03. The normalized spacial score (nSPS) is 11.9. The van der Waals surface area contributed by atoms with Crippen molar-refractivity contribution < 1.29 is 4.42 Å². The average molecular weight is 688 g/mol. The van der Waals surface area contributed by atoms with Crippen LogP contribution in [0.25, 0.3) is 108 Å². The molecule has 238 valence electrons. The largest absolute Gasteiger partial charge is 0.456 e. The van der Waals surface area contributed by atoms with Gasteiger partial charge in [0, 0.05) is 67.8 Å². The van der Waals surface area contributed by atoms with Crippen LogP contribution >= 0.6 is 22.7 Å². The molecule has 0 atom stereocenters. The maximum atomic E-state index is 6.46. The third-order valence-electron chi connectivity index (χ3n) is 9.74. The van der Waals surface area contributed by atoms with Crippen LogP contribution in [-0.4, -0.2) is 15.0 Å². The first-order valence-corrected chi connectivity index (χ1v) is 18.5. The number of thiophene rings is 2. The highest BCUT2D eigenvalue weighted by Gasteiger charge is 2.17. The molecule has 0 N–H and O–H groups in total. The van der Waals surface area contributed by atoms with E-state index in [0.29, 0.717) is 17.5 Å². The van der Waals surface area contributed by atoms with E-state index >= 15 is 0 Å². The number of hydrogen-bond donors (Lipinski definition) is 0. The summed E-state index contributed by atoms with van der Waals surface area (Å²) in [6.07, 6.45) is 0. The van der Waals surface area contributed by atoms with Gasteiger partial charge in [0.1, 0.15) is 11.2 Å². The standard InChI is InChI=1S/C45H25N3OS2/c1-2-8-26(9-3-1)43-46-44(29-17-21-42-36(24-29)33-11-5-7-13-40(33)51-42)48-45(47-43)30-14-18-31-34-22-27(15-19-37(34)49-38(31)25-30)28-16-20-41-35(23-28)32-10-4-6-12-39(32)50-41/h1-25H. The number of furan rings is 1. The van der Waals surface area contributed by atoms with Crippen molar-refractivity contribution >= 4 is 85.0 Å². The summed E-state index contributed by atoms with van der Waals surface area (Å²) in [7, 11) is 0. The Bertz CT molecular complexity index is 3160. The molecule has 11 rings (SSSR count). The van der Waals surface area contributed by atoms with E-state index in [4.69, 9.17) is 19.4 Å². The van der Waals surface area contributed by atoms with Crippen LogP contribution in [0.4, 0.5) is 0 Å². The minimum absolute atomic E-state index is 0.605. The fourth-order valence-corrected chi connectivity index (χ4v) is 9.39. The molecule has 0 aliphatic rings. The topological polar surface area (TPSA) is 51.8 Å². The molecule has 0 bridgehead atoms. The predicted octanol–water partition coefficient (Wildman–Crippen LogP) is 13.2. The Morgan fingerprint density at radius 2 is 0.804 bits per heavy atom. The van der Waals surface area contributed by atoms with Crippen LogP contribution in [0.5, 0.6) is 0 Å². The second kappa shape index (κ2) is 11.2. The Hall–Kier alpha value is -6.21. The van der Waals surface area contributed by atoms with Gasteiger partial charge in [-0.1, -0.05) is 84.9 Å². The third-order valence-corrected chi connectivity index (χ3v) is 12.0. The van der Waals surface area contributed by atoms with Gasteiger partial charge in [0.15, 0.2) is 17.5 Å². The Labute approximate surface area is 299 Å². The summed E-state index contributed by atoms with van der Waals surface area (Å²) < 4.78 is 11.6. The van der Waals surface area contributed by atoms with Crippen molar-refractivity contribution in [2.45, 2.75) is 0 Å². The number of rotatable bonds is 4. The molecule has 0 amide bonds. The van der Waals surface area contributed by atoms with Gasteiger partial charge in [-0.05, 0) is 77.9 Å². The molecule has 0 spiro atoms. The lowest BCUT2D eigenvalue weighted by molar-refractivity contribution is 0.669. The van der Waals surface area contributed by atoms with E-state index in [0.717, 1.165) is 44.2 Å². The molecule has 7 aromatic carbocycles. The zero-order valence-corrected chi connectivity index (χ0v) is 28.6. The molecule has 51 heavy (non-hydrogen) atoms. The molecule has 0 aliphatic carbocycles. The van der Waals surface area contributed by atoms with Gasteiger partial charge in [-0.2, -0.15) is 0 Å². The van der Waals surface area contributed by atoms with E-state index in [1.807, 2.05) is 41.7 Å². The molecule has 0 radical (unpaired) electrons. The number of hydrogen-bond acceptors (Lipinski definition) is 6. The highest BCUT2D eigenvalue weighted by Crippen LogP contribution is 2.40. The summed E-state index contributed by atoms with van der Waals surface area (Å²) in [6, 6.07) is 53.3. The van der Waals surface area contributed by atoms with Gasteiger partial charge in [0.2, 0.25) is 0 Å². The maximum absolute atomic E-state index is 6.46. The lowest BCUT2D eigenvalue weighted by atomic mass is 10.0. The lowest BCUT2D eigenvalue weighted by Gasteiger charge is -2.09. The molecule has 0 saturated heterocycles. The second-order valence-electron chi connectivity index (χ2n) is 12.8. The number of fused-ring (bicyclic) bond motifs is 9. The first-order chi connectivity index (χ1) is 25.2. The molecule has 4 heterocycles. The van der Waals surface area contributed by atoms with E-state index in [2.05, 4.69) is 121 Å². The zero-order chi connectivity index (χ0) is 33.5. The minimum Gasteiger partial charge on any atom is -0.456 e. The van der Waals surface area contributed by atoms with Crippen molar-refractivity contribution in [3.8, 4) is 45.3 Å². The summed E-state index contributed by atoms with van der Waals surface area (Å²) >= 11 is 3.65. The van der Waals surface area contributed by atoms with Crippen LogP contribution in [0.2, 0.25) is 0 Å². The van der Waals surface area contributed by atoms with Crippen LogP contribution in [0.1, 0.15) is 0 Å². The van der Waals surface area contributed by atoms with Crippen LogP contribution in [-0.2, 0) is 0 Å². The van der Waals surface area contributed by atoms with E-state index in [1.54, 1.807) is 11.3 Å². The van der Waals surface area contributed by atoms with Crippen LogP contribution in [0, 0.1) is 0 Å². The molecule has 0 aliphatic heterocycles. The lowest BCUT2D eigenvalue weighted by Crippen LogP contribution is -2.00. The summed E-state index contributed by atoms with van der Waals surface area (Å²) in [6.45, 7) is 0. The quantitative estimate of drug-likeness (QED) is 0.185. The van der Waals surface area contributed by atoms with Gasteiger partial charge in [0.05, 0.1) is 0 Å². The third kappa shape index (κ3) is 4.68. The van der Waals surface area contributed by atoms with E-state index in [1.165, 1.54) is 45.9 Å². The Kier molecular flexibility index (Phi) is 6.26. The van der Waals surface area contributed by atoms with Crippen LogP contribution in [0.3, 0.4) is 0 Å². The number of benzene rings is 7. The zero-order valence-electron chi connectivity index (χ0n) is 27.0. The maximum Gasteiger partial charge on any atom is 0.164 e. The van der Waals surface area contributed by atoms with Crippen LogP contribution < -0.4 is 0 Å². The van der Waals surface area contributed by atoms with Crippen molar-refractivity contribution in [2.24, 2.45) is 0 Å². The predicted molar refractivity (Wildman–Crippen MR) is 215 cm³/mol. The first kappa shape index (κ1) is 28.6. The summed E-state index contributed by atoms with van der Waals surface area (Å²) in [5.41, 5.74) is 6.78. The fraction of sp³-hybridized carbons (Fsp3) is 0. The van der Waals surface area contributed by atoms with Gasteiger partial charge < -0.3 is 4.42 Å². The summed E-state index contributed by atoms with van der Waals surface area (Å²) in [4.78, 5) is 15.1. The summed E-state index contributed by atoms with van der Waals surface area (Å²) in [5.74, 6) is 1.88. The fourth-order valence-electron chi connectivity index (χ4n) is 7.22. The van der Waals surface area contributed by atoms with Crippen LogP contribution in [0.15, 0.2) is 156 Å². The molecule has 6 heteroatoms. The van der Waals surface area contributed by atoms with Gasteiger partial charge in [-0.25, -0.2) is 15.0 Å². The van der Waals surface area contributed by atoms with Crippen molar-refractivity contribution in [2.75, 3.05) is 0 Å². The SMILES string of the molecule is c1ccc(-c2nc(-c3ccc4c(c3)oc3ccc(-c5ccc6sc7ccccc7c6c5)cc34)nc(-c3ccc4sc5ccccc5c4c3)n2)cc1. The first-order valence-electron chi connectivity index (χ1n) is 16.8. The number of nitrogens with zero attached hydrogens (tertiary/aromatic N) is 3. The monoisotopic (exact) mass is 687 g/mol. The van der Waals surface area contributed by atoms with Crippen molar-refractivity contribution in [1.29, 1.82) is 0 Å². The summed E-state index contributed by atoms with van der Waals surface area (Å²) in [5, 5.41) is 7.20. The Morgan fingerprint density at radius 3 is 1.49 bits per heavy atom. The van der Waals surface area contributed by atoms with E-state index < -0.39 is 0 Å². The van der Waals surface area contributed by atoms with Gasteiger partial charge in [-0.15, -0.1) is 22.7 Å². The molecular weight excluding hydrogens is 663 g/mol. The smallest absolute Gasteiger partial charge is 0.164 e. The molecule has 4 nitrogen and oxygen atoms in total. The molecule has 11 aromatic rings. The van der Waals surface area contributed by atoms with Crippen molar-refractivity contribution in [1.82, 2.24) is 15.0 Å². The molecule has 4 aromatic heterocycles. The number of aromatic nitrogens is 3. The highest BCUT2D eigenvalue weighted by atomic mass is 32.1. The molecule has 0 fully saturated rings. The van der Waals surface area contributed by atoms with Crippen molar-refractivity contribution in [3.63, 3.8) is 0 Å². The highest BCUT2D eigenvalue weighted by molar-refractivity contribution is 7.26. The second-order valence-corrected chi connectivity index (χ2v) is 15.0. The van der Waals surface area contributed by atoms with E-state index in [9.17, 15) is 0 Å². The minimum atomic E-state index is 0.605.